The van der Waals surface area contributed by atoms with Gasteiger partial charge in [-0.05, 0) is 54.1 Å². The highest BCUT2D eigenvalue weighted by molar-refractivity contribution is 7.98. The molecule has 0 radical (unpaired) electrons. The van der Waals surface area contributed by atoms with Crippen LogP contribution in [0.5, 0.6) is 5.75 Å². The van der Waals surface area contributed by atoms with Crippen LogP contribution in [0, 0.1) is 0 Å². The molecule has 140 valence electrons. The first kappa shape index (κ1) is 20.7. The number of nitrogens with zero attached hydrogens (tertiary/aromatic N) is 1. The number of rotatable bonds is 7. The van der Waals surface area contributed by atoms with Gasteiger partial charge in [-0.25, -0.2) is 4.79 Å². The fraction of sp³-hybridized carbons (Fsp3) is 0.316. The Morgan fingerprint density at radius 3 is 2.46 bits per heavy atom. The van der Waals surface area contributed by atoms with Crippen LogP contribution in [0.3, 0.4) is 0 Å². The first-order valence-corrected chi connectivity index (χ1v) is 10.1. The summed E-state index contributed by atoms with van der Waals surface area (Å²) in [5, 5.41) is 4.10. The molecule has 0 spiro atoms. The molecule has 0 aliphatic carbocycles. The minimum absolute atomic E-state index is 0.133. The van der Waals surface area contributed by atoms with Crippen molar-refractivity contribution in [2.24, 2.45) is 0 Å². The van der Waals surface area contributed by atoms with Gasteiger partial charge >= 0.3 is 6.03 Å². The van der Waals surface area contributed by atoms with E-state index < -0.39 is 0 Å². The van der Waals surface area contributed by atoms with Crippen LogP contribution in [0.15, 0.2) is 41.3 Å². The van der Waals surface area contributed by atoms with Gasteiger partial charge < -0.3 is 15.0 Å². The minimum Gasteiger partial charge on any atom is -0.496 e. The first-order chi connectivity index (χ1) is 12.4. The fourth-order valence-electron chi connectivity index (χ4n) is 2.53. The van der Waals surface area contributed by atoms with Crippen molar-refractivity contribution in [1.29, 1.82) is 0 Å². The van der Waals surface area contributed by atoms with Crippen LogP contribution in [0.1, 0.15) is 11.1 Å². The van der Waals surface area contributed by atoms with E-state index in [1.165, 1.54) is 0 Å². The van der Waals surface area contributed by atoms with Crippen LogP contribution in [0.2, 0.25) is 10.0 Å². The maximum absolute atomic E-state index is 12.3. The lowest BCUT2D eigenvalue weighted by Crippen LogP contribution is -2.37. The Labute approximate surface area is 168 Å². The summed E-state index contributed by atoms with van der Waals surface area (Å²) >= 11 is 13.6. The zero-order valence-electron chi connectivity index (χ0n) is 15.0. The van der Waals surface area contributed by atoms with Gasteiger partial charge in [0.1, 0.15) is 5.75 Å². The Hall–Kier alpha value is -1.56. The highest BCUT2D eigenvalue weighted by atomic mass is 35.5. The molecule has 7 heteroatoms. The summed E-state index contributed by atoms with van der Waals surface area (Å²) in [7, 11) is 3.41. The molecule has 0 atom stereocenters. The van der Waals surface area contributed by atoms with Crippen molar-refractivity contribution in [3.05, 3.63) is 57.6 Å². The van der Waals surface area contributed by atoms with Crippen molar-refractivity contribution in [1.82, 2.24) is 10.2 Å². The quantitative estimate of drug-likeness (QED) is 0.642. The Morgan fingerprint density at radius 1 is 1.15 bits per heavy atom. The highest BCUT2D eigenvalue weighted by Crippen LogP contribution is 2.28. The molecular weight excluding hydrogens is 391 g/mol. The number of benzene rings is 2. The Bertz CT molecular complexity index is 751. The summed E-state index contributed by atoms with van der Waals surface area (Å²) in [6.45, 7) is 1.01. The third-order valence-electron chi connectivity index (χ3n) is 3.83. The summed E-state index contributed by atoms with van der Waals surface area (Å²) in [5.74, 6) is 0.821. The van der Waals surface area contributed by atoms with E-state index in [1.807, 2.05) is 36.6 Å². The molecular formula is C19H22Cl2N2O2S. The third-order valence-corrected chi connectivity index (χ3v) is 5.04. The first-order valence-electron chi connectivity index (χ1n) is 8.07. The number of halogens is 2. The molecule has 26 heavy (non-hydrogen) atoms. The van der Waals surface area contributed by atoms with Crippen molar-refractivity contribution in [3.63, 3.8) is 0 Å². The van der Waals surface area contributed by atoms with Crippen molar-refractivity contribution in [2.75, 3.05) is 27.0 Å². The average Bonchev–Trinajstić information content (AvgIpc) is 2.60. The molecule has 0 bridgehead atoms. The topological polar surface area (TPSA) is 41.6 Å². The molecule has 0 saturated carbocycles. The fourth-order valence-corrected chi connectivity index (χ4v) is 3.65. The maximum Gasteiger partial charge on any atom is 0.317 e. The molecule has 0 aliphatic heterocycles. The Kier molecular flexibility index (Phi) is 7.94. The number of ether oxygens (including phenoxy) is 1. The molecule has 0 fully saturated rings. The van der Waals surface area contributed by atoms with E-state index in [4.69, 9.17) is 27.9 Å². The number of methoxy groups -OCH3 is 1. The van der Waals surface area contributed by atoms with Crippen LogP contribution < -0.4 is 10.1 Å². The molecule has 1 N–H and O–H groups in total. The van der Waals surface area contributed by atoms with Crippen LogP contribution in [0.4, 0.5) is 4.79 Å². The van der Waals surface area contributed by atoms with Crippen LogP contribution >= 0.6 is 35.0 Å². The smallest absolute Gasteiger partial charge is 0.317 e. The highest BCUT2D eigenvalue weighted by Gasteiger charge is 2.11. The van der Waals surface area contributed by atoms with E-state index in [0.29, 0.717) is 29.6 Å². The summed E-state index contributed by atoms with van der Waals surface area (Å²) in [5.41, 5.74) is 2.00. The number of amides is 2. The van der Waals surface area contributed by atoms with Gasteiger partial charge in [-0.2, -0.15) is 0 Å². The second-order valence-electron chi connectivity index (χ2n) is 5.81. The molecule has 2 aromatic rings. The molecule has 0 aliphatic rings. The van der Waals surface area contributed by atoms with E-state index in [-0.39, 0.29) is 6.03 Å². The minimum atomic E-state index is -0.133. The number of hydrogen-bond donors (Lipinski definition) is 1. The lowest BCUT2D eigenvalue weighted by atomic mass is 10.1. The van der Waals surface area contributed by atoms with Crippen LogP contribution in [0.25, 0.3) is 0 Å². The largest absolute Gasteiger partial charge is 0.496 e. The molecule has 2 amide bonds. The SMILES string of the molecule is COc1cc(CN(C)C(=O)NCCc2cc(Cl)cc(Cl)c2)ccc1SC. The van der Waals surface area contributed by atoms with Crippen LogP contribution in [-0.2, 0) is 13.0 Å². The van der Waals surface area contributed by atoms with Gasteiger partial charge in [-0.15, -0.1) is 11.8 Å². The van der Waals surface area contributed by atoms with Gasteiger partial charge in [0.05, 0.1) is 7.11 Å². The second kappa shape index (κ2) is 9.95. The number of hydrogen-bond acceptors (Lipinski definition) is 3. The molecule has 0 unspecified atom stereocenters. The molecule has 0 aromatic heterocycles. The average molecular weight is 413 g/mol. The van der Waals surface area contributed by atoms with Gasteiger partial charge in [0.15, 0.2) is 0 Å². The van der Waals surface area contributed by atoms with Gasteiger partial charge in [-0.3, -0.25) is 0 Å². The lowest BCUT2D eigenvalue weighted by molar-refractivity contribution is 0.207. The summed E-state index contributed by atoms with van der Waals surface area (Å²) in [6.07, 6.45) is 2.67. The monoisotopic (exact) mass is 412 g/mol. The van der Waals surface area contributed by atoms with Crippen molar-refractivity contribution < 1.29 is 9.53 Å². The zero-order valence-corrected chi connectivity index (χ0v) is 17.3. The van der Waals surface area contributed by atoms with Gasteiger partial charge in [0.25, 0.3) is 0 Å². The number of urea groups is 1. The third kappa shape index (κ3) is 6.01. The maximum atomic E-state index is 12.3. The zero-order chi connectivity index (χ0) is 19.1. The molecule has 2 rings (SSSR count). The van der Waals surface area contributed by atoms with Gasteiger partial charge in [0, 0.05) is 35.1 Å². The summed E-state index contributed by atoms with van der Waals surface area (Å²) < 4.78 is 5.39. The molecule has 2 aromatic carbocycles. The number of carbonyl (C=O) groups excluding carboxylic acids is 1. The predicted molar refractivity (Wildman–Crippen MR) is 110 cm³/mol. The Balaban J connectivity index is 1.87. The number of nitrogens with one attached hydrogen (secondary N) is 1. The van der Waals surface area contributed by atoms with Crippen LogP contribution in [-0.4, -0.2) is 37.9 Å². The van der Waals surface area contributed by atoms with Crippen molar-refractivity contribution in [2.45, 2.75) is 17.9 Å². The van der Waals surface area contributed by atoms with Gasteiger partial charge in [-0.1, -0.05) is 29.3 Å². The Morgan fingerprint density at radius 2 is 1.85 bits per heavy atom. The molecule has 0 heterocycles. The molecule has 4 nitrogen and oxygen atoms in total. The van der Waals surface area contributed by atoms with Crippen molar-refractivity contribution in [3.8, 4) is 5.75 Å². The van der Waals surface area contributed by atoms with E-state index in [1.54, 1.807) is 36.9 Å². The van der Waals surface area contributed by atoms with E-state index in [0.717, 1.165) is 21.8 Å². The summed E-state index contributed by atoms with van der Waals surface area (Å²) in [4.78, 5) is 15.0. The van der Waals surface area contributed by atoms with E-state index >= 15 is 0 Å². The number of thioether (sulfide) groups is 1. The molecule has 0 saturated heterocycles. The standard InChI is InChI=1S/C19H22Cl2N2O2S/c1-23(12-14-4-5-18(26-3)17(10-14)25-2)19(24)22-7-6-13-8-15(20)11-16(21)9-13/h4-5,8-11H,6-7,12H2,1-3H3,(H,22,24). The lowest BCUT2D eigenvalue weighted by Gasteiger charge is -2.19. The summed E-state index contributed by atoms with van der Waals surface area (Å²) in [6, 6.07) is 11.2. The number of carbonyl (C=O) groups is 1. The van der Waals surface area contributed by atoms with Gasteiger partial charge in [0.2, 0.25) is 0 Å². The van der Waals surface area contributed by atoms with E-state index in [9.17, 15) is 4.79 Å². The normalized spacial score (nSPS) is 10.5. The second-order valence-corrected chi connectivity index (χ2v) is 7.53. The van der Waals surface area contributed by atoms with Crippen molar-refractivity contribution >= 4 is 41.0 Å². The predicted octanol–water partition coefficient (Wildman–Crippen LogP) is 5.11. The van der Waals surface area contributed by atoms with E-state index in [2.05, 4.69) is 5.32 Å².